The minimum absolute atomic E-state index is 0.220. The fourth-order valence-electron chi connectivity index (χ4n) is 5.22. The number of ether oxygens (including phenoxy) is 1. The normalized spacial score (nSPS) is 17.9. The number of aromatic nitrogens is 1. The molecule has 0 amide bonds. The number of carboxylic acid groups (broad SMARTS) is 1. The van der Waals surface area contributed by atoms with Crippen molar-refractivity contribution in [3.63, 3.8) is 0 Å². The van der Waals surface area contributed by atoms with Gasteiger partial charge in [0.1, 0.15) is 5.75 Å². The number of methoxy groups -OCH3 is 1. The van der Waals surface area contributed by atoms with E-state index in [0.717, 1.165) is 61.0 Å². The third kappa shape index (κ3) is 7.22. The molecule has 5 nitrogen and oxygen atoms in total. The number of hydrogen-bond acceptors (Lipinski definition) is 4. The van der Waals surface area contributed by atoms with Crippen LogP contribution in [0.5, 0.6) is 5.75 Å². The summed E-state index contributed by atoms with van der Waals surface area (Å²) >= 11 is 6.06. The zero-order valence-corrected chi connectivity index (χ0v) is 21.5. The molecule has 188 valence electrons. The Morgan fingerprint density at radius 2 is 2.08 bits per heavy atom. The van der Waals surface area contributed by atoms with Crippen molar-refractivity contribution in [3.8, 4) is 17.6 Å². The summed E-state index contributed by atoms with van der Waals surface area (Å²) in [6.07, 6.45) is 7.03. The summed E-state index contributed by atoms with van der Waals surface area (Å²) < 4.78 is 5.41. The SMILES string of the molecule is COc1ccc2nccc(CCC[C@@H]3CCN(CC#Cc4cccc(Cl)c4)C[C@@H]3CCC(=O)O)c2c1. The second kappa shape index (κ2) is 12.8. The summed E-state index contributed by atoms with van der Waals surface area (Å²) in [7, 11) is 1.68. The van der Waals surface area contributed by atoms with Crippen LogP contribution in [0.25, 0.3) is 10.9 Å². The Kier molecular flexibility index (Phi) is 9.22. The zero-order chi connectivity index (χ0) is 25.3. The third-order valence-electron chi connectivity index (χ3n) is 7.12. The summed E-state index contributed by atoms with van der Waals surface area (Å²) in [5.74, 6) is 7.50. The molecule has 36 heavy (non-hydrogen) atoms. The van der Waals surface area contributed by atoms with Crippen molar-refractivity contribution in [2.75, 3.05) is 26.7 Å². The second-order valence-electron chi connectivity index (χ2n) is 9.53. The monoisotopic (exact) mass is 504 g/mol. The van der Waals surface area contributed by atoms with Crippen LogP contribution in [0.2, 0.25) is 5.02 Å². The molecule has 0 spiro atoms. The van der Waals surface area contributed by atoms with E-state index in [1.54, 1.807) is 7.11 Å². The van der Waals surface area contributed by atoms with Gasteiger partial charge >= 0.3 is 5.97 Å². The summed E-state index contributed by atoms with van der Waals surface area (Å²) in [5.41, 5.74) is 3.19. The van der Waals surface area contributed by atoms with E-state index in [0.29, 0.717) is 29.8 Å². The fraction of sp³-hybridized carbons (Fsp3) is 0.400. The lowest BCUT2D eigenvalue weighted by Gasteiger charge is -2.38. The Hall–Kier alpha value is -3.07. The first-order valence-electron chi connectivity index (χ1n) is 12.6. The maximum Gasteiger partial charge on any atom is 0.303 e. The molecule has 3 aromatic rings. The van der Waals surface area contributed by atoms with E-state index in [9.17, 15) is 9.90 Å². The van der Waals surface area contributed by atoms with Crippen molar-refractivity contribution in [1.29, 1.82) is 0 Å². The number of aryl methyl sites for hydroxylation is 1. The van der Waals surface area contributed by atoms with Gasteiger partial charge in [0.25, 0.3) is 0 Å². The molecule has 0 unspecified atom stereocenters. The van der Waals surface area contributed by atoms with Crippen molar-refractivity contribution in [1.82, 2.24) is 9.88 Å². The summed E-state index contributed by atoms with van der Waals surface area (Å²) in [5, 5.41) is 11.1. The number of fused-ring (bicyclic) bond motifs is 1. The summed E-state index contributed by atoms with van der Waals surface area (Å²) in [4.78, 5) is 18.2. The van der Waals surface area contributed by atoms with Gasteiger partial charge in [-0.15, -0.1) is 0 Å². The van der Waals surface area contributed by atoms with Crippen LogP contribution in [0.1, 0.15) is 43.2 Å². The molecule has 2 aromatic carbocycles. The van der Waals surface area contributed by atoms with Crippen LogP contribution in [-0.2, 0) is 11.2 Å². The van der Waals surface area contributed by atoms with Crippen LogP contribution < -0.4 is 4.74 Å². The van der Waals surface area contributed by atoms with Gasteiger partial charge in [-0.25, -0.2) is 0 Å². The maximum atomic E-state index is 11.3. The van der Waals surface area contributed by atoms with E-state index in [2.05, 4.69) is 33.9 Å². The van der Waals surface area contributed by atoms with Crippen LogP contribution in [-0.4, -0.2) is 47.7 Å². The van der Waals surface area contributed by atoms with Gasteiger partial charge in [-0.05, 0) is 98.5 Å². The van der Waals surface area contributed by atoms with Crippen LogP contribution in [0.3, 0.4) is 0 Å². The Morgan fingerprint density at radius 1 is 1.19 bits per heavy atom. The van der Waals surface area contributed by atoms with Crippen molar-refractivity contribution < 1.29 is 14.6 Å². The molecule has 1 N–H and O–H groups in total. The molecule has 0 radical (unpaired) electrons. The van der Waals surface area contributed by atoms with Gasteiger partial charge in [0.05, 0.1) is 19.2 Å². The van der Waals surface area contributed by atoms with Crippen LogP contribution in [0, 0.1) is 23.7 Å². The Bertz CT molecular complexity index is 1250. The molecule has 2 atom stereocenters. The highest BCUT2D eigenvalue weighted by atomic mass is 35.5. The van der Waals surface area contributed by atoms with Gasteiger partial charge in [0.15, 0.2) is 0 Å². The van der Waals surface area contributed by atoms with E-state index in [4.69, 9.17) is 16.3 Å². The van der Waals surface area contributed by atoms with Gasteiger partial charge in [0, 0.05) is 35.1 Å². The number of rotatable bonds is 9. The van der Waals surface area contributed by atoms with Crippen LogP contribution in [0.15, 0.2) is 54.7 Å². The fourth-order valence-corrected chi connectivity index (χ4v) is 5.41. The number of aliphatic carboxylic acids is 1. The molecule has 2 heterocycles. The number of benzene rings is 2. The van der Waals surface area contributed by atoms with Crippen molar-refractivity contribution in [3.05, 3.63) is 70.9 Å². The summed E-state index contributed by atoms with van der Waals surface area (Å²) in [6, 6.07) is 15.7. The second-order valence-corrected chi connectivity index (χ2v) is 9.97. The third-order valence-corrected chi connectivity index (χ3v) is 7.36. The molecule has 0 aliphatic carbocycles. The standard InChI is InChI=1S/C30H33ClN2O3/c1-36-27-11-12-29-28(20-27)24(14-16-32-29)8-3-7-23-15-18-33(21-25(23)10-13-30(34)35)17-4-6-22-5-2-9-26(31)19-22/h2,5,9,11-12,14,16,19-20,23,25H,3,7-8,10,13,15,17-18,21H2,1H3,(H,34,35)/t23-,25+/m1/s1. The lowest BCUT2D eigenvalue weighted by atomic mass is 9.79. The van der Waals surface area contributed by atoms with Crippen LogP contribution in [0.4, 0.5) is 0 Å². The number of hydrogen-bond donors (Lipinski definition) is 1. The Labute approximate surface area is 218 Å². The number of carboxylic acids is 1. The van der Waals surface area contributed by atoms with E-state index in [-0.39, 0.29) is 6.42 Å². The lowest BCUT2D eigenvalue weighted by molar-refractivity contribution is -0.137. The highest BCUT2D eigenvalue weighted by molar-refractivity contribution is 6.30. The van der Waals surface area contributed by atoms with Gasteiger partial charge in [-0.1, -0.05) is 29.5 Å². The van der Waals surface area contributed by atoms with Gasteiger partial charge < -0.3 is 9.84 Å². The Balaban J connectivity index is 1.36. The topological polar surface area (TPSA) is 62.7 Å². The highest BCUT2D eigenvalue weighted by Gasteiger charge is 2.29. The molecular weight excluding hydrogens is 472 g/mol. The van der Waals surface area contributed by atoms with E-state index < -0.39 is 5.97 Å². The van der Waals surface area contributed by atoms with Crippen LogP contribution >= 0.6 is 11.6 Å². The molecule has 0 saturated carbocycles. The average molecular weight is 505 g/mol. The minimum Gasteiger partial charge on any atom is -0.497 e. The van der Waals surface area contributed by atoms with E-state index in [1.165, 1.54) is 5.56 Å². The van der Waals surface area contributed by atoms with E-state index >= 15 is 0 Å². The molecule has 4 rings (SSSR count). The molecule has 1 aliphatic heterocycles. The van der Waals surface area contributed by atoms with Crippen molar-refractivity contribution >= 4 is 28.5 Å². The smallest absolute Gasteiger partial charge is 0.303 e. The molecule has 1 aromatic heterocycles. The van der Waals surface area contributed by atoms with Crippen molar-refractivity contribution in [2.45, 2.75) is 38.5 Å². The molecule has 1 aliphatic rings. The number of pyridine rings is 1. The molecule has 6 heteroatoms. The number of halogens is 1. The van der Waals surface area contributed by atoms with Gasteiger partial charge in [-0.2, -0.15) is 0 Å². The number of nitrogens with zero attached hydrogens (tertiary/aromatic N) is 2. The largest absolute Gasteiger partial charge is 0.497 e. The van der Waals surface area contributed by atoms with Crippen molar-refractivity contribution in [2.24, 2.45) is 11.8 Å². The number of carbonyl (C=O) groups is 1. The number of likely N-dealkylation sites (tertiary alicyclic amines) is 1. The zero-order valence-electron chi connectivity index (χ0n) is 20.8. The predicted octanol–water partition coefficient (Wildman–Crippen LogP) is 6.07. The molecule has 0 bridgehead atoms. The maximum absolute atomic E-state index is 11.3. The predicted molar refractivity (Wildman–Crippen MR) is 144 cm³/mol. The Morgan fingerprint density at radius 3 is 2.89 bits per heavy atom. The average Bonchev–Trinajstić information content (AvgIpc) is 2.88. The van der Waals surface area contributed by atoms with Gasteiger partial charge in [-0.3, -0.25) is 14.7 Å². The summed E-state index contributed by atoms with van der Waals surface area (Å²) in [6.45, 7) is 2.58. The number of piperidine rings is 1. The minimum atomic E-state index is -0.719. The highest BCUT2D eigenvalue weighted by Crippen LogP contribution is 2.32. The quantitative estimate of drug-likeness (QED) is 0.358. The first-order valence-corrected chi connectivity index (χ1v) is 13.0. The van der Waals surface area contributed by atoms with Gasteiger partial charge in [0.2, 0.25) is 0 Å². The first-order chi connectivity index (χ1) is 17.5. The molecular formula is C30H33ClN2O3. The first kappa shape index (κ1) is 26.0. The lowest BCUT2D eigenvalue weighted by Crippen LogP contribution is -2.41. The van der Waals surface area contributed by atoms with E-state index in [1.807, 2.05) is 42.6 Å². The molecule has 1 fully saturated rings. The molecule has 1 saturated heterocycles.